The third-order valence-corrected chi connectivity index (χ3v) is 8.02. The highest BCUT2D eigenvalue weighted by Gasteiger charge is 2.02. The summed E-state index contributed by atoms with van der Waals surface area (Å²) < 4.78 is 2.33. The molecule has 3 rings (SSSR count). The van der Waals surface area contributed by atoms with E-state index in [1.165, 1.54) is 130 Å². The minimum Gasteiger partial charge on any atom is -1.00 e. The molecule has 3 heteroatoms. The summed E-state index contributed by atoms with van der Waals surface area (Å²) >= 11 is 0. The van der Waals surface area contributed by atoms with Crippen molar-refractivity contribution in [1.82, 2.24) is 0 Å². The summed E-state index contributed by atoms with van der Waals surface area (Å²) in [4.78, 5) is 2.15. The maximum Gasteiger partial charge on any atom is 0.169 e. The second-order valence-corrected chi connectivity index (χ2v) is 11.7. The number of pyridine rings is 1. The Morgan fingerprint density at radius 1 is 0.550 bits per heavy atom. The second-order valence-electron chi connectivity index (χ2n) is 11.7. The summed E-state index contributed by atoms with van der Waals surface area (Å²) in [5.41, 5.74) is 3.73. The van der Waals surface area contributed by atoms with Crippen LogP contribution in [0.1, 0.15) is 121 Å². The molecule has 0 radical (unpaired) electrons. The summed E-state index contributed by atoms with van der Waals surface area (Å²) in [5, 5.41) is 2.57. The second kappa shape index (κ2) is 20.9. The fourth-order valence-corrected chi connectivity index (χ4v) is 5.40. The van der Waals surface area contributed by atoms with E-state index in [-0.39, 0.29) is 24.0 Å². The molecule has 0 aliphatic heterocycles. The number of aromatic nitrogens is 1. The number of rotatable bonds is 20. The van der Waals surface area contributed by atoms with E-state index in [0.29, 0.717) is 0 Å². The average Bonchev–Trinajstić information content (AvgIpc) is 2.96. The maximum absolute atomic E-state index is 2.33. The first-order chi connectivity index (χ1) is 19.2. The number of unbranched alkanes of at least 4 members (excludes halogenated alkanes) is 15. The van der Waals surface area contributed by atoms with E-state index >= 15 is 0 Å². The highest BCUT2D eigenvalue weighted by atomic mass is 127. The molecule has 0 spiro atoms. The van der Waals surface area contributed by atoms with Gasteiger partial charge in [0.05, 0.1) is 0 Å². The predicted octanol–water partition coefficient (Wildman–Crippen LogP) is 7.63. The van der Waals surface area contributed by atoms with Crippen molar-refractivity contribution in [2.75, 3.05) is 19.0 Å². The molecule has 0 saturated carbocycles. The number of aryl methyl sites for hydroxylation is 1. The Balaban J connectivity index is 0.00000560. The highest BCUT2D eigenvalue weighted by molar-refractivity contribution is 5.88. The van der Waals surface area contributed by atoms with E-state index in [4.69, 9.17) is 0 Å². The third kappa shape index (κ3) is 13.7. The molecule has 0 aliphatic carbocycles. The van der Waals surface area contributed by atoms with Crippen molar-refractivity contribution in [3.63, 3.8) is 0 Å². The van der Waals surface area contributed by atoms with Crippen molar-refractivity contribution >= 4 is 28.6 Å². The quantitative estimate of drug-likeness (QED) is 0.0691. The first kappa shape index (κ1) is 34.3. The molecule has 40 heavy (non-hydrogen) atoms. The fourth-order valence-electron chi connectivity index (χ4n) is 5.40. The summed E-state index contributed by atoms with van der Waals surface area (Å²) in [6.45, 7) is 3.42. The van der Waals surface area contributed by atoms with Gasteiger partial charge in [0.25, 0.3) is 0 Å². The van der Waals surface area contributed by atoms with Gasteiger partial charge in [-0.05, 0) is 46.5 Å². The molecule has 1 heterocycles. The van der Waals surface area contributed by atoms with Crippen molar-refractivity contribution in [2.24, 2.45) is 0 Å². The van der Waals surface area contributed by atoms with Crippen LogP contribution in [0, 0.1) is 0 Å². The monoisotopic (exact) mass is 654 g/mol. The van der Waals surface area contributed by atoms with Crippen molar-refractivity contribution in [1.29, 1.82) is 0 Å². The number of hydrogen-bond acceptors (Lipinski definition) is 1. The lowest BCUT2D eigenvalue weighted by molar-refractivity contribution is -0.697. The van der Waals surface area contributed by atoms with Crippen LogP contribution in [0.2, 0.25) is 0 Å². The van der Waals surface area contributed by atoms with E-state index in [0.717, 1.165) is 6.54 Å². The summed E-state index contributed by atoms with van der Waals surface area (Å²) in [6.07, 6.45) is 31.6. The van der Waals surface area contributed by atoms with Gasteiger partial charge in [0.15, 0.2) is 12.4 Å². The lowest BCUT2D eigenvalue weighted by atomic mass is 10.0. The number of benzene rings is 2. The standard InChI is InChI=1S/C37H55N2.HI/c1-4-5-6-7-8-9-10-11-12-13-14-15-16-17-18-19-28-39-29-26-33(27-30-39)20-21-34-22-23-36-32-37(38(2)3)25-24-35(36)31-34;/h20-27,29-32H,4-19,28H2,1-3H3;1H/q+1;/p-1. The molecular formula is C37H55IN2. The van der Waals surface area contributed by atoms with Crippen LogP contribution in [0.15, 0.2) is 60.9 Å². The lowest BCUT2D eigenvalue weighted by Gasteiger charge is -2.13. The highest BCUT2D eigenvalue weighted by Crippen LogP contribution is 2.23. The van der Waals surface area contributed by atoms with Gasteiger partial charge in [-0.25, -0.2) is 4.57 Å². The Kier molecular flexibility index (Phi) is 17.9. The normalized spacial score (nSPS) is 11.3. The SMILES string of the molecule is CCCCCCCCCCCCCCCCCC[n+]1ccc(/C=C/c2ccc3cc(N(C)C)ccc3c2)cc1.[I-]. The van der Waals surface area contributed by atoms with E-state index in [9.17, 15) is 0 Å². The molecule has 0 amide bonds. The first-order valence-corrected chi connectivity index (χ1v) is 16.0. The third-order valence-electron chi connectivity index (χ3n) is 8.02. The topological polar surface area (TPSA) is 7.12 Å². The van der Waals surface area contributed by atoms with E-state index < -0.39 is 0 Å². The molecule has 2 nitrogen and oxygen atoms in total. The molecule has 0 aliphatic rings. The van der Waals surface area contributed by atoms with Crippen molar-refractivity contribution in [3.8, 4) is 0 Å². The van der Waals surface area contributed by atoms with Gasteiger partial charge in [-0.3, -0.25) is 0 Å². The summed E-state index contributed by atoms with van der Waals surface area (Å²) in [6, 6.07) is 17.8. The Bertz CT molecular complexity index is 1090. The zero-order valence-corrected chi connectivity index (χ0v) is 27.9. The van der Waals surface area contributed by atoms with Gasteiger partial charge in [-0.15, -0.1) is 0 Å². The minimum absolute atomic E-state index is 0. The fraction of sp³-hybridized carbons (Fsp3) is 0.541. The van der Waals surface area contributed by atoms with Gasteiger partial charge in [0, 0.05) is 38.3 Å². The molecule has 2 aromatic carbocycles. The van der Waals surface area contributed by atoms with Gasteiger partial charge in [-0.1, -0.05) is 127 Å². The van der Waals surface area contributed by atoms with Crippen molar-refractivity contribution in [2.45, 2.75) is 116 Å². The molecule has 220 valence electrons. The molecule has 3 aromatic rings. The molecular weight excluding hydrogens is 599 g/mol. The smallest absolute Gasteiger partial charge is 0.169 e. The van der Waals surface area contributed by atoms with Crippen LogP contribution in [-0.2, 0) is 6.54 Å². The van der Waals surface area contributed by atoms with E-state index in [1.807, 2.05) is 0 Å². The molecule has 0 atom stereocenters. The minimum atomic E-state index is 0. The van der Waals surface area contributed by atoms with Gasteiger partial charge in [0.2, 0.25) is 0 Å². The Labute approximate surface area is 263 Å². The molecule has 0 bridgehead atoms. The zero-order chi connectivity index (χ0) is 27.5. The summed E-state index contributed by atoms with van der Waals surface area (Å²) in [5.74, 6) is 0. The molecule has 0 N–H and O–H groups in total. The maximum atomic E-state index is 2.33. The summed E-state index contributed by atoms with van der Waals surface area (Å²) in [7, 11) is 4.17. The lowest BCUT2D eigenvalue weighted by Crippen LogP contribution is -3.00. The molecule has 1 aromatic heterocycles. The van der Waals surface area contributed by atoms with Crippen LogP contribution < -0.4 is 33.4 Å². The van der Waals surface area contributed by atoms with Crippen LogP contribution >= 0.6 is 0 Å². The number of hydrogen-bond donors (Lipinski definition) is 0. The van der Waals surface area contributed by atoms with Crippen LogP contribution in [0.25, 0.3) is 22.9 Å². The number of halogens is 1. The van der Waals surface area contributed by atoms with Crippen LogP contribution in [0.4, 0.5) is 5.69 Å². The number of anilines is 1. The number of fused-ring (bicyclic) bond motifs is 1. The zero-order valence-electron chi connectivity index (χ0n) is 25.7. The van der Waals surface area contributed by atoms with Gasteiger partial charge < -0.3 is 28.9 Å². The Hall–Kier alpha value is -1.88. The van der Waals surface area contributed by atoms with Gasteiger partial charge >= 0.3 is 0 Å². The molecule has 0 unspecified atom stereocenters. The van der Waals surface area contributed by atoms with Gasteiger partial charge in [-0.2, -0.15) is 0 Å². The van der Waals surface area contributed by atoms with Crippen molar-refractivity contribution < 1.29 is 28.5 Å². The van der Waals surface area contributed by atoms with Crippen molar-refractivity contribution in [3.05, 3.63) is 72.1 Å². The Morgan fingerprint density at radius 3 is 1.57 bits per heavy atom. The predicted molar refractivity (Wildman–Crippen MR) is 173 cm³/mol. The Morgan fingerprint density at radius 2 is 1.02 bits per heavy atom. The molecule has 0 saturated heterocycles. The van der Waals surface area contributed by atoms with E-state index in [1.54, 1.807) is 0 Å². The van der Waals surface area contributed by atoms with Gasteiger partial charge in [0.1, 0.15) is 6.54 Å². The van der Waals surface area contributed by atoms with Crippen LogP contribution in [-0.4, -0.2) is 14.1 Å². The van der Waals surface area contributed by atoms with E-state index in [2.05, 4.69) is 104 Å². The molecule has 0 fully saturated rings. The first-order valence-electron chi connectivity index (χ1n) is 16.0. The average molecular weight is 655 g/mol. The van der Waals surface area contributed by atoms with Crippen LogP contribution in [0.3, 0.4) is 0 Å². The van der Waals surface area contributed by atoms with Crippen LogP contribution in [0.5, 0.6) is 0 Å². The largest absolute Gasteiger partial charge is 1.00 e. The number of nitrogens with zero attached hydrogens (tertiary/aromatic N) is 2.